The molecule has 0 aliphatic heterocycles. The van der Waals surface area contributed by atoms with Crippen LogP contribution < -0.4 is 15.6 Å². The third-order valence-electron chi connectivity index (χ3n) is 4.85. The largest absolute Gasteiger partial charge is 0.484 e. The minimum Gasteiger partial charge on any atom is -0.484 e. The lowest BCUT2D eigenvalue weighted by Gasteiger charge is -2.11. The molecule has 0 spiro atoms. The second-order valence-electron chi connectivity index (χ2n) is 6.99. The molecule has 0 saturated heterocycles. The molecule has 3 rings (SSSR count). The van der Waals surface area contributed by atoms with Gasteiger partial charge in [-0.3, -0.25) is 20.4 Å². The van der Waals surface area contributed by atoms with Crippen LogP contribution in [0.15, 0.2) is 54.6 Å². The molecule has 150 valence electrons. The van der Waals surface area contributed by atoms with Crippen LogP contribution in [0.3, 0.4) is 0 Å². The number of benzene rings is 2. The Bertz CT molecular complexity index is 1040. The molecule has 3 aromatic rings. The Hall–Kier alpha value is -3.54. The molecule has 29 heavy (non-hydrogen) atoms. The van der Waals surface area contributed by atoms with Crippen LogP contribution in [-0.4, -0.2) is 23.0 Å². The first-order valence-electron chi connectivity index (χ1n) is 9.40. The van der Waals surface area contributed by atoms with Gasteiger partial charge in [0, 0.05) is 17.1 Å². The lowest BCUT2D eigenvalue weighted by atomic mass is 10.1. The monoisotopic (exact) mass is 391 g/mol. The van der Waals surface area contributed by atoms with E-state index in [1.807, 2.05) is 80.8 Å². The molecule has 0 fully saturated rings. The van der Waals surface area contributed by atoms with Crippen LogP contribution in [-0.2, 0) is 4.79 Å². The van der Waals surface area contributed by atoms with Gasteiger partial charge in [0.25, 0.3) is 11.8 Å². The minimum absolute atomic E-state index is 0.189. The summed E-state index contributed by atoms with van der Waals surface area (Å²) < 4.78 is 7.48. The minimum atomic E-state index is -0.437. The van der Waals surface area contributed by atoms with Crippen LogP contribution in [0, 0.1) is 27.7 Å². The average Bonchev–Trinajstić information content (AvgIpc) is 3.01. The SMILES string of the molecule is Cc1ccc(OCC(=O)NNC(=O)c2cc(C)n(-c3ccccc3)c2C)cc1C. The van der Waals surface area contributed by atoms with E-state index in [1.165, 1.54) is 0 Å². The predicted molar refractivity (Wildman–Crippen MR) is 112 cm³/mol. The van der Waals surface area contributed by atoms with E-state index < -0.39 is 5.91 Å². The molecule has 1 aromatic heterocycles. The summed E-state index contributed by atoms with van der Waals surface area (Å²) in [5.41, 5.74) is 10.3. The Kier molecular flexibility index (Phi) is 6.02. The van der Waals surface area contributed by atoms with E-state index in [0.717, 1.165) is 28.2 Å². The summed E-state index contributed by atoms with van der Waals surface area (Å²) in [6, 6.07) is 17.2. The van der Waals surface area contributed by atoms with Crippen molar-refractivity contribution in [2.24, 2.45) is 0 Å². The number of nitrogens with one attached hydrogen (secondary N) is 2. The van der Waals surface area contributed by atoms with E-state index in [1.54, 1.807) is 6.07 Å². The Labute approximate surface area is 170 Å². The highest BCUT2D eigenvalue weighted by atomic mass is 16.5. The molecule has 0 aliphatic rings. The van der Waals surface area contributed by atoms with E-state index in [4.69, 9.17) is 4.74 Å². The number of hydrogen-bond donors (Lipinski definition) is 2. The highest BCUT2D eigenvalue weighted by Crippen LogP contribution is 2.20. The molecule has 0 bridgehead atoms. The Morgan fingerprint density at radius 3 is 2.31 bits per heavy atom. The Morgan fingerprint density at radius 1 is 0.897 bits per heavy atom. The average molecular weight is 391 g/mol. The van der Waals surface area contributed by atoms with Crippen LogP contribution in [0.4, 0.5) is 0 Å². The van der Waals surface area contributed by atoms with Gasteiger partial charge in [-0.15, -0.1) is 0 Å². The van der Waals surface area contributed by atoms with Crippen molar-refractivity contribution in [2.75, 3.05) is 6.61 Å². The van der Waals surface area contributed by atoms with Crippen LogP contribution >= 0.6 is 0 Å². The first kappa shape index (κ1) is 20.2. The molecule has 0 radical (unpaired) electrons. The molecular weight excluding hydrogens is 366 g/mol. The highest BCUT2D eigenvalue weighted by molar-refractivity contribution is 5.97. The number of hydrazine groups is 1. The number of para-hydroxylation sites is 1. The lowest BCUT2D eigenvalue weighted by molar-refractivity contribution is -0.123. The molecule has 2 amide bonds. The number of hydrogen-bond acceptors (Lipinski definition) is 3. The predicted octanol–water partition coefficient (Wildman–Crippen LogP) is 3.55. The maximum atomic E-state index is 12.5. The number of carbonyl (C=O) groups excluding carboxylic acids is 2. The molecule has 0 unspecified atom stereocenters. The van der Waals surface area contributed by atoms with Crippen molar-refractivity contribution in [2.45, 2.75) is 27.7 Å². The summed E-state index contributed by atoms with van der Waals surface area (Å²) in [7, 11) is 0. The number of nitrogens with zero attached hydrogens (tertiary/aromatic N) is 1. The van der Waals surface area contributed by atoms with Crippen LogP contribution in [0.5, 0.6) is 5.75 Å². The second kappa shape index (κ2) is 8.65. The maximum absolute atomic E-state index is 12.5. The van der Waals surface area contributed by atoms with Crippen LogP contribution in [0.25, 0.3) is 5.69 Å². The maximum Gasteiger partial charge on any atom is 0.276 e. The smallest absolute Gasteiger partial charge is 0.276 e. The van der Waals surface area contributed by atoms with Gasteiger partial charge in [-0.1, -0.05) is 24.3 Å². The first-order valence-corrected chi connectivity index (χ1v) is 9.40. The topological polar surface area (TPSA) is 72.4 Å². The fraction of sp³-hybridized carbons (Fsp3) is 0.217. The summed E-state index contributed by atoms with van der Waals surface area (Å²) in [6.07, 6.45) is 0. The molecule has 2 N–H and O–H groups in total. The molecule has 6 nitrogen and oxygen atoms in total. The van der Waals surface area contributed by atoms with Gasteiger partial charge in [-0.2, -0.15) is 0 Å². The number of ether oxygens (including phenoxy) is 1. The van der Waals surface area contributed by atoms with Crippen molar-refractivity contribution >= 4 is 11.8 Å². The van der Waals surface area contributed by atoms with Gasteiger partial charge in [0.15, 0.2) is 6.61 Å². The molecule has 0 aliphatic carbocycles. The summed E-state index contributed by atoms with van der Waals surface area (Å²) in [6.45, 7) is 7.61. The number of rotatable bonds is 5. The van der Waals surface area contributed by atoms with Gasteiger partial charge in [0.1, 0.15) is 5.75 Å². The van der Waals surface area contributed by atoms with Gasteiger partial charge in [-0.25, -0.2) is 0 Å². The fourth-order valence-corrected chi connectivity index (χ4v) is 3.15. The number of aromatic nitrogens is 1. The third-order valence-corrected chi connectivity index (χ3v) is 4.85. The summed E-state index contributed by atoms with van der Waals surface area (Å²) >= 11 is 0. The highest BCUT2D eigenvalue weighted by Gasteiger charge is 2.17. The molecular formula is C23H25N3O3. The fourth-order valence-electron chi connectivity index (χ4n) is 3.15. The number of aryl methyl sites for hydroxylation is 3. The lowest BCUT2D eigenvalue weighted by Crippen LogP contribution is -2.44. The van der Waals surface area contributed by atoms with E-state index >= 15 is 0 Å². The first-order chi connectivity index (χ1) is 13.9. The van der Waals surface area contributed by atoms with Gasteiger partial charge in [-0.05, 0) is 69.2 Å². The zero-order chi connectivity index (χ0) is 21.0. The van der Waals surface area contributed by atoms with E-state index in [0.29, 0.717) is 11.3 Å². The Morgan fingerprint density at radius 2 is 1.62 bits per heavy atom. The van der Waals surface area contributed by atoms with Crippen molar-refractivity contribution < 1.29 is 14.3 Å². The normalized spacial score (nSPS) is 10.5. The van der Waals surface area contributed by atoms with Gasteiger partial charge in [0.05, 0.1) is 5.56 Å². The van der Waals surface area contributed by atoms with Gasteiger partial charge < -0.3 is 9.30 Å². The van der Waals surface area contributed by atoms with Crippen molar-refractivity contribution in [1.29, 1.82) is 0 Å². The van der Waals surface area contributed by atoms with Gasteiger partial charge >= 0.3 is 0 Å². The molecule has 6 heteroatoms. The van der Waals surface area contributed by atoms with Crippen LogP contribution in [0.1, 0.15) is 32.9 Å². The summed E-state index contributed by atoms with van der Waals surface area (Å²) in [5, 5.41) is 0. The molecule has 0 atom stereocenters. The zero-order valence-corrected chi connectivity index (χ0v) is 17.1. The second-order valence-corrected chi connectivity index (χ2v) is 6.99. The van der Waals surface area contributed by atoms with E-state index in [-0.39, 0.29) is 12.5 Å². The van der Waals surface area contributed by atoms with E-state index in [9.17, 15) is 9.59 Å². The van der Waals surface area contributed by atoms with E-state index in [2.05, 4.69) is 10.9 Å². The zero-order valence-electron chi connectivity index (χ0n) is 17.1. The quantitative estimate of drug-likeness (QED) is 0.654. The third kappa shape index (κ3) is 4.66. The molecule has 1 heterocycles. The Balaban J connectivity index is 1.59. The molecule has 2 aromatic carbocycles. The number of carbonyl (C=O) groups is 2. The van der Waals surface area contributed by atoms with Crippen LogP contribution in [0.2, 0.25) is 0 Å². The standard InChI is InChI=1S/C23H25N3O3/c1-15-10-11-20(12-16(15)2)29-14-22(27)24-25-23(28)21-13-17(3)26(18(21)4)19-8-6-5-7-9-19/h5-13H,14H2,1-4H3,(H,24,27)(H,25,28). The van der Waals surface area contributed by atoms with Crippen molar-refractivity contribution in [1.82, 2.24) is 15.4 Å². The number of amides is 2. The van der Waals surface area contributed by atoms with Crippen molar-refractivity contribution in [3.05, 3.63) is 82.7 Å². The van der Waals surface area contributed by atoms with Gasteiger partial charge in [0.2, 0.25) is 0 Å². The van der Waals surface area contributed by atoms with Crippen molar-refractivity contribution in [3.63, 3.8) is 0 Å². The van der Waals surface area contributed by atoms with Crippen molar-refractivity contribution in [3.8, 4) is 11.4 Å². The summed E-state index contributed by atoms with van der Waals surface area (Å²) in [4.78, 5) is 24.6. The molecule has 0 saturated carbocycles. The summed E-state index contributed by atoms with van der Waals surface area (Å²) in [5.74, 6) is -0.200.